The van der Waals surface area contributed by atoms with Gasteiger partial charge in [-0.3, -0.25) is 0 Å². The van der Waals surface area contributed by atoms with Crippen molar-refractivity contribution in [3.63, 3.8) is 0 Å². The van der Waals surface area contributed by atoms with E-state index < -0.39 is 0 Å². The molecule has 1 heterocycles. The molecule has 0 aliphatic heterocycles. The summed E-state index contributed by atoms with van der Waals surface area (Å²) in [7, 11) is 0. The maximum Gasteiger partial charge on any atom is 0.136 e. The van der Waals surface area contributed by atoms with Gasteiger partial charge in [-0.05, 0) is 57.4 Å². The fourth-order valence-electron chi connectivity index (χ4n) is 1.64. The zero-order valence-corrected chi connectivity index (χ0v) is 12.5. The van der Waals surface area contributed by atoms with Crippen LogP contribution in [0.3, 0.4) is 0 Å². The van der Waals surface area contributed by atoms with E-state index in [4.69, 9.17) is 4.42 Å². The fourth-order valence-corrected chi connectivity index (χ4v) is 2.51. The predicted molar refractivity (Wildman–Crippen MR) is 81.7 cm³/mol. The van der Waals surface area contributed by atoms with Crippen molar-refractivity contribution in [1.29, 1.82) is 0 Å². The molecule has 0 aliphatic rings. The van der Waals surface area contributed by atoms with Gasteiger partial charge in [0.1, 0.15) is 11.3 Å². The molecule has 82 valence electrons. The van der Waals surface area contributed by atoms with Crippen molar-refractivity contribution < 1.29 is 4.42 Å². The first-order chi connectivity index (χ1) is 7.63. The van der Waals surface area contributed by atoms with Crippen LogP contribution in [0.4, 0.5) is 0 Å². The summed E-state index contributed by atoms with van der Waals surface area (Å²) in [5, 5.41) is 1.11. The highest BCUT2D eigenvalue weighted by molar-refractivity contribution is 14.1. The Labute approximate surface area is 116 Å². The van der Waals surface area contributed by atoms with Crippen LogP contribution in [0.15, 0.2) is 37.2 Å². The van der Waals surface area contributed by atoms with Crippen LogP contribution in [0.25, 0.3) is 23.1 Å². The van der Waals surface area contributed by atoms with E-state index in [-0.39, 0.29) is 0 Å². The molecule has 1 aromatic heterocycles. The minimum Gasteiger partial charge on any atom is -0.456 e. The third-order valence-corrected chi connectivity index (χ3v) is 3.23. The summed E-state index contributed by atoms with van der Waals surface area (Å²) in [6.45, 7) is 5.84. The monoisotopic (exact) mass is 388 g/mol. The second-order valence-corrected chi connectivity index (χ2v) is 5.98. The topological polar surface area (TPSA) is 13.1 Å². The van der Waals surface area contributed by atoms with Crippen molar-refractivity contribution in [1.82, 2.24) is 0 Å². The van der Waals surface area contributed by atoms with Gasteiger partial charge in [0, 0.05) is 15.4 Å². The van der Waals surface area contributed by atoms with Gasteiger partial charge in [0.05, 0.1) is 0 Å². The van der Waals surface area contributed by atoms with Crippen LogP contribution in [0.2, 0.25) is 0 Å². The molecule has 2 aromatic rings. The van der Waals surface area contributed by atoms with E-state index in [1.165, 1.54) is 3.58 Å². The first-order valence-electron chi connectivity index (χ1n) is 4.80. The molecule has 0 saturated heterocycles. The van der Waals surface area contributed by atoms with Gasteiger partial charge in [-0.1, -0.05) is 28.6 Å². The molecule has 0 bridgehead atoms. The van der Waals surface area contributed by atoms with Crippen molar-refractivity contribution in [3.05, 3.63) is 44.2 Å². The van der Waals surface area contributed by atoms with Crippen molar-refractivity contribution in [2.24, 2.45) is 0 Å². The van der Waals surface area contributed by atoms with Crippen molar-refractivity contribution in [2.75, 3.05) is 0 Å². The Kier molecular flexibility index (Phi) is 3.54. The number of halogens is 2. The number of fused-ring (bicyclic) bond motifs is 1. The van der Waals surface area contributed by atoms with E-state index in [0.29, 0.717) is 0 Å². The van der Waals surface area contributed by atoms with Gasteiger partial charge in [-0.25, -0.2) is 0 Å². The van der Waals surface area contributed by atoms with Gasteiger partial charge >= 0.3 is 0 Å². The summed E-state index contributed by atoms with van der Waals surface area (Å²) in [5.41, 5.74) is 1.97. The third kappa shape index (κ3) is 2.11. The van der Waals surface area contributed by atoms with Crippen LogP contribution in [0.1, 0.15) is 18.2 Å². The van der Waals surface area contributed by atoms with Crippen molar-refractivity contribution in [2.45, 2.75) is 6.92 Å². The van der Waals surface area contributed by atoms with Crippen LogP contribution in [0, 0.1) is 0 Å². The molecule has 1 nitrogen and oxygen atoms in total. The lowest BCUT2D eigenvalue weighted by atomic mass is 10.1. The minimum atomic E-state index is 0.818. The Bertz CT molecular complexity index is 577. The molecule has 1 aromatic carbocycles. The van der Waals surface area contributed by atoms with Crippen LogP contribution >= 0.6 is 38.5 Å². The highest BCUT2D eigenvalue weighted by Crippen LogP contribution is 2.34. The Morgan fingerprint density at radius 2 is 2.25 bits per heavy atom. The smallest absolute Gasteiger partial charge is 0.136 e. The van der Waals surface area contributed by atoms with E-state index >= 15 is 0 Å². The van der Waals surface area contributed by atoms with E-state index in [2.05, 4.69) is 58.1 Å². The van der Waals surface area contributed by atoms with E-state index in [1.54, 1.807) is 6.08 Å². The molecule has 0 aliphatic carbocycles. The summed E-state index contributed by atoms with van der Waals surface area (Å²) in [6.07, 6.45) is 3.85. The zero-order valence-electron chi connectivity index (χ0n) is 8.76. The van der Waals surface area contributed by atoms with Crippen molar-refractivity contribution in [3.8, 4) is 0 Å². The predicted octanol–water partition coefficient (Wildman–Crippen LogP) is 5.63. The van der Waals surface area contributed by atoms with Crippen molar-refractivity contribution >= 4 is 61.6 Å². The van der Waals surface area contributed by atoms with Crippen LogP contribution in [0.5, 0.6) is 0 Å². The molecule has 0 amide bonds. The van der Waals surface area contributed by atoms with E-state index in [9.17, 15) is 0 Å². The fraction of sp³-hybridized carbons (Fsp3) is 0.0769. The molecule has 2 rings (SSSR count). The number of furan rings is 1. The standard InChI is InChI=1S/C13H10BrIO/c1-3-11-9(7-8(2)15)13-10(14)5-4-6-12(13)16-11/h3-7H,1H2,2H3/b8-7+. The van der Waals surface area contributed by atoms with Gasteiger partial charge in [-0.15, -0.1) is 0 Å². The van der Waals surface area contributed by atoms with Gasteiger partial charge in [0.25, 0.3) is 0 Å². The summed E-state index contributed by atoms with van der Waals surface area (Å²) in [5.74, 6) is 0.818. The quantitative estimate of drug-likeness (QED) is 0.607. The molecule has 16 heavy (non-hydrogen) atoms. The maximum atomic E-state index is 5.73. The minimum absolute atomic E-state index is 0.818. The molecule has 0 radical (unpaired) electrons. The van der Waals surface area contributed by atoms with E-state index in [1.807, 2.05) is 18.2 Å². The first-order valence-corrected chi connectivity index (χ1v) is 6.68. The lowest BCUT2D eigenvalue weighted by Gasteiger charge is -1.95. The molecule has 0 fully saturated rings. The second-order valence-electron chi connectivity index (χ2n) is 3.43. The Hall–Kier alpha value is -0.550. The summed E-state index contributed by atoms with van der Waals surface area (Å²) >= 11 is 5.84. The molecular formula is C13H10BrIO. The molecule has 0 unspecified atom stereocenters. The van der Waals surface area contributed by atoms with Gasteiger partial charge in [-0.2, -0.15) is 0 Å². The number of rotatable bonds is 2. The van der Waals surface area contributed by atoms with Crippen LogP contribution in [-0.2, 0) is 0 Å². The van der Waals surface area contributed by atoms with Gasteiger partial charge in [0.15, 0.2) is 0 Å². The average Bonchev–Trinajstić information content (AvgIpc) is 2.57. The summed E-state index contributed by atoms with van der Waals surface area (Å²) in [4.78, 5) is 0. The largest absolute Gasteiger partial charge is 0.456 e. The Morgan fingerprint density at radius 1 is 1.50 bits per heavy atom. The average molecular weight is 389 g/mol. The van der Waals surface area contributed by atoms with Crippen LogP contribution < -0.4 is 0 Å². The maximum absolute atomic E-state index is 5.73. The lowest BCUT2D eigenvalue weighted by molar-refractivity contribution is 0.603. The molecule has 3 heteroatoms. The van der Waals surface area contributed by atoms with Gasteiger partial charge in [0.2, 0.25) is 0 Å². The molecule has 0 N–H and O–H groups in total. The lowest BCUT2D eigenvalue weighted by Crippen LogP contribution is -1.75. The second kappa shape index (κ2) is 4.75. The number of hydrogen-bond donors (Lipinski definition) is 0. The number of allylic oxidation sites excluding steroid dienone is 1. The SMILES string of the molecule is C=Cc1oc2cccc(Br)c2c1/C=C(\C)I. The third-order valence-electron chi connectivity index (χ3n) is 2.26. The van der Waals surface area contributed by atoms with Crippen LogP contribution in [-0.4, -0.2) is 0 Å². The summed E-state index contributed by atoms with van der Waals surface area (Å²) in [6, 6.07) is 5.95. The molecule has 0 spiro atoms. The zero-order chi connectivity index (χ0) is 11.7. The van der Waals surface area contributed by atoms with E-state index in [0.717, 1.165) is 26.8 Å². The number of benzene rings is 1. The van der Waals surface area contributed by atoms with Gasteiger partial charge < -0.3 is 4.42 Å². The molecule has 0 saturated carbocycles. The highest BCUT2D eigenvalue weighted by Gasteiger charge is 2.12. The molecule has 0 atom stereocenters. The highest BCUT2D eigenvalue weighted by atomic mass is 127. The molecular weight excluding hydrogens is 379 g/mol. The number of hydrogen-bond acceptors (Lipinski definition) is 1. The Morgan fingerprint density at radius 3 is 2.88 bits per heavy atom. The summed E-state index contributed by atoms with van der Waals surface area (Å²) < 4.78 is 7.99. The normalized spacial score (nSPS) is 12.1. The first kappa shape index (κ1) is 11.9. The Balaban J connectivity index is 2.86.